The highest BCUT2D eigenvalue weighted by molar-refractivity contribution is 7.02. The number of benzene rings is 1. The van der Waals surface area contributed by atoms with Gasteiger partial charge < -0.3 is 9.52 Å². The molecule has 1 N–H and O–H groups in total. The van der Waals surface area contributed by atoms with Crippen LogP contribution in [0.5, 0.6) is 5.75 Å². The predicted octanol–water partition coefficient (Wildman–Crippen LogP) is 4.18. The molecule has 0 aliphatic carbocycles. The number of aryl methyl sites for hydroxylation is 2. The Labute approximate surface area is 141 Å². The van der Waals surface area contributed by atoms with Crippen molar-refractivity contribution in [3.05, 3.63) is 44.4 Å². The normalized spacial score (nSPS) is 12.6. The Morgan fingerprint density at radius 3 is 1.96 bits per heavy atom. The molecular weight excluding hydrogens is 310 g/mol. The lowest BCUT2D eigenvalue weighted by Gasteiger charge is -2.28. The summed E-state index contributed by atoms with van der Waals surface area (Å²) >= 11 is 0.845. The van der Waals surface area contributed by atoms with Gasteiger partial charge in [0.05, 0.1) is 0 Å². The van der Waals surface area contributed by atoms with E-state index in [-0.39, 0.29) is 15.8 Å². The molecule has 0 fully saturated rings. The molecule has 1 heterocycles. The number of hydrogen-bond acceptors (Lipinski definition) is 5. The first-order chi connectivity index (χ1) is 10.5. The minimum atomic E-state index is -0.364. The molecule has 4 nitrogen and oxygen atoms in total. The molecule has 126 valence electrons. The molecule has 0 aliphatic rings. The molecule has 0 saturated heterocycles. The van der Waals surface area contributed by atoms with Crippen LogP contribution >= 0.6 is 11.5 Å². The standard InChI is InChI=1S/C18H25NO3S/c1-17(2,3)12-9-11(7-8-14-19-23-16(21)22-14)10-13(15(12)20)18(4,5)6/h9-10,20H,7-8H2,1-6H3. The van der Waals surface area contributed by atoms with Gasteiger partial charge in [-0.2, -0.15) is 4.37 Å². The van der Waals surface area contributed by atoms with Crippen LogP contribution in [0.2, 0.25) is 0 Å². The molecule has 2 rings (SSSR count). The summed E-state index contributed by atoms with van der Waals surface area (Å²) in [4.78, 5) is 10.7. The van der Waals surface area contributed by atoms with Gasteiger partial charge in [-0.25, -0.2) is 4.79 Å². The van der Waals surface area contributed by atoms with Crippen molar-refractivity contribution in [2.45, 2.75) is 65.2 Å². The minimum absolute atomic E-state index is 0.146. The molecule has 0 atom stereocenters. The van der Waals surface area contributed by atoms with Crippen LogP contribution < -0.4 is 4.94 Å². The van der Waals surface area contributed by atoms with E-state index in [1.165, 1.54) is 0 Å². The number of phenolic OH excluding ortho intramolecular Hbond substituents is 1. The van der Waals surface area contributed by atoms with Crippen LogP contribution in [0.3, 0.4) is 0 Å². The Kier molecular flexibility index (Phi) is 4.71. The van der Waals surface area contributed by atoms with Crippen LogP contribution in [0.25, 0.3) is 0 Å². The first-order valence-corrected chi connectivity index (χ1v) is 8.58. The summed E-state index contributed by atoms with van der Waals surface area (Å²) in [7, 11) is 0. The maximum Gasteiger partial charge on any atom is 0.414 e. The first kappa shape index (κ1) is 17.7. The van der Waals surface area contributed by atoms with E-state index in [1.54, 1.807) is 0 Å². The van der Waals surface area contributed by atoms with Crippen LogP contribution in [-0.4, -0.2) is 9.48 Å². The van der Waals surface area contributed by atoms with Crippen LogP contribution in [0.15, 0.2) is 21.3 Å². The fourth-order valence-corrected chi connectivity index (χ4v) is 2.99. The largest absolute Gasteiger partial charge is 0.507 e. The third kappa shape index (κ3) is 4.22. The number of rotatable bonds is 3. The van der Waals surface area contributed by atoms with Crippen molar-refractivity contribution in [1.29, 1.82) is 0 Å². The number of aromatic nitrogens is 1. The van der Waals surface area contributed by atoms with E-state index in [9.17, 15) is 9.90 Å². The van der Waals surface area contributed by atoms with E-state index < -0.39 is 0 Å². The Hall–Kier alpha value is -1.62. The zero-order chi connectivity index (χ0) is 17.4. The third-order valence-electron chi connectivity index (χ3n) is 3.84. The Bertz CT molecular complexity index is 710. The quantitative estimate of drug-likeness (QED) is 0.914. The first-order valence-electron chi connectivity index (χ1n) is 7.81. The Balaban J connectivity index is 2.41. The molecule has 0 aliphatic heterocycles. The van der Waals surface area contributed by atoms with Crippen molar-refractivity contribution in [3.8, 4) is 5.75 Å². The fraction of sp³-hybridized carbons (Fsp3) is 0.556. The summed E-state index contributed by atoms with van der Waals surface area (Å²) in [6, 6.07) is 4.10. The van der Waals surface area contributed by atoms with Crippen LogP contribution in [0.4, 0.5) is 0 Å². The molecule has 5 heteroatoms. The van der Waals surface area contributed by atoms with E-state index in [0.29, 0.717) is 18.1 Å². The van der Waals surface area contributed by atoms with Crippen molar-refractivity contribution in [2.24, 2.45) is 0 Å². The van der Waals surface area contributed by atoms with Gasteiger partial charge in [0.15, 0.2) is 0 Å². The highest BCUT2D eigenvalue weighted by atomic mass is 32.1. The van der Waals surface area contributed by atoms with E-state index in [0.717, 1.165) is 34.6 Å². The lowest BCUT2D eigenvalue weighted by molar-refractivity contribution is 0.422. The van der Waals surface area contributed by atoms with E-state index in [4.69, 9.17) is 4.42 Å². The van der Waals surface area contributed by atoms with Crippen molar-refractivity contribution < 1.29 is 9.52 Å². The highest BCUT2D eigenvalue weighted by Gasteiger charge is 2.26. The third-order valence-corrected chi connectivity index (χ3v) is 4.36. The number of hydrogen-bond donors (Lipinski definition) is 1. The average Bonchev–Trinajstić information content (AvgIpc) is 2.80. The molecule has 23 heavy (non-hydrogen) atoms. The molecule has 1 aromatic heterocycles. The van der Waals surface area contributed by atoms with Crippen LogP contribution in [-0.2, 0) is 23.7 Å². The summed E-state index contributed by atoms with van der Waals surface area (Å²) in [5, 5.41) is 10.7. The Morgan fingerprint density at radius 2 is 1.57 bits per heavy atom. The molecular formula is C18H25NO3S. The van der Waals surface area contributed by atoms with Gasteiger partial charge in [0.2, 0.25) is 5.89 Å². The van der Waals surface area contributed by atoms with Crippen molar-refractivity contribution >= 4 is 11.5 Å². The van der Waals surface area contributed by atoms with Gasteiger partial charge >= 0.3 is 4.94 Å². The second-order valence-corrected chi connectivity index (χ2v) is 8.67. The number of aromatic hydroxyl groups is 1. The van der Waals surface area contributed by atoms with Gasteiger partial charge in [-0.1, -0.05) is 53.7 Å². The molecule has 1 aromatic carbocycles. The molecule has 0 spiro atoms. The SMILES string of the molecule is CC(C)(C)c1cc(CCc2nsc(=O)o2)cc(C(C)(C)C)c1O. The monoisotopic (exact) mass is 335 g/mol. The maximum atomic E-state index is 11.1. The topological polar surface area (TPSA) is 63.3 Å². The molecule has 0 bridgehead atoms. The zero-order valence-corrected chi connectivity index (χ0v) is 15.5. The number of nitrogens with zero attached hydrogens (tertiary/aromatic N) is 1. The molecule has 2 aromatic rings. The van der Waals surface area contributed by atoms with Crippen LogP contribution in [0, 0.1) is 0 Å². The highest BCUT2D eigenvalue weighted by Crippen LogP contribution is 2.39. The van der Waals surface area contributed by atoms with Gasteiger partial charge in [-0.05, 0) is 33.9 Å². The maximum absolute atomic E-state index is 11.1. The van der Waals surface area contributed by atoms with Gasteiger partial charge in [0.1, 0.15) is 5.75 Å². The fourth-order valence-electron chi connectivity index (χ4n) is 2.55. The van der Waals surface area contributed by atoms with E-state index in [2.05, 4.69) is 58.0 Å². The van der Waals surface area contributed by atoms with Crippen molar-refractivity contribution in [2.75, 3.05) is 0 Å². The van der Waals surface area contributed by atoms with E-state index in [1.807, 2.05) is 0 Å². The summed E-state index contributed by atoms with van der Waals surface area (Å²) < 4.78 is 9.03. The second kappa shape index (κ2) is 6.11. The lowest BCUT2D eigenvalue weighted by atomic mass is 9.78. The summed E-state index contributed by atoms with van der Waals surface area (Å²) in [6.45, 7) is 12.6. The molecule has 0 radical (unpaired) electrons. The summed E-state index contributed by atoms with van der Waals surface area (Å²) in [5.41, 5.74) is 2.72. The molecule has 0 amide bonds. The molecule has 0 unspecified atom stereocenters. The van der Waals surface area contributed by atoms with Gasteiger partial charge in [0, 0.05) is 18.0 Å². The second-order valence-electron chi connectivity index (χ2n) is 7.97. The lowest BCUT2D eigenvalue weighted by Crippen LogP contribution is -2.18. The Morgan fingerprint density at radius 1 is 1.04 bits per heavy atom. The number of phenols is 1. The summed E-state index contributed by atoms with van der Waals surface area (Å²) in [6.07, 6.45) is 1.30. The van der Waals surface area contributed by atoms with Crippen molar-refractivity contribution in [3.63, 3.8) is 0 Å². The van der Waals surface area contributed by atoms with Gasteiger partial charge in [-0.3, -0.25) is 0 Å². The van der Waals surface area contributed by atoms with E-state index >= 15 is 0 Å². The molecule has 0 saturated carbocycles. The predicted molar refractivity (Wildman–Crippen MR) is 93.6 cm³/mol. The smallest absolute Gasteiger partial charge is 0.414 e. The minimum Gasteiger partial charge on any atom is -0.507 e. The van der Waals surface area contributed by atoms with Gasteiger partial charge in [-0.15, -0.1) is 0 Å². The summed E-state index contributed by atoms with van der Waals surface area (Å²) in [5.74, 6) is 0.858. The van der Waals surface area contributed by atoms with Crippen LogP contribution in [0.1, 0.15) is 64.1 Å². The van der Waals surface area contributed by atoms with Crippen molar-refractivity contribution in [1.82, 2.24) is 4.37 Å². The zero-order valence-electron chi connectivity index (χ0n) is 14.7. The average molecular weight is 335 g/mol. The van der Waals surface area contributed by atoms with Gasteiger partial charge in [0.25, 0.3) is 0 Å².